The Bertz CT molecular complexity index is 1870. The number of hydrogen-bond acceptors (Lipinski definition) is 11. The summed E-state index contributed by atoms with van der Waals surface area (Å²) in [5, 5.41) is 9.19. The molecule has 3 aliphatic heterocycles. The lowest BCUT2D eigenvalue weighted by Crippen LogP contribution is -2.40. The molecular weight excluding hydrogens is 759 g/mol. The van der Waals surface area contributed by atoms with Gasteiger partial charge in [0.2, 0.25) is 0 Å². The molecule has 296 valence electrons. The zero-order valence-corrected chi connectivity index (χ0v) is 33.4. The minimum Gasteiger partial charge on any atom is -0.485 e. The van der Waals surface area contributed by atoms with Gasteiger partial charge < -0.3 is 33.9 Å². The average molecular weight is 804 g/mol. The van der Waals surface area contributed by atoms with Gasteiger partial charge in [-0.05, 0) is 100 Å². The maximum Gasteiger partial charge on any atom is 0.306 e. The van der Waals surface area contributed by atoms with Crippen LogP contribution in [-0.4, -0.2) is 115 Å². The first-order valence-electron chi connectivity index (χ1n) is 18.3. The first kappa shape index (κ1) is 41.0. The molecule has 3 aliphatic rings. The standard InChI is InChI=1S/C41H45N3O10S2/c1-40(2,25-33(45)46)53-26-41(3,4)54-30-11-9-29(10-12-30)44-38(49)34(55-31-13-5-27(6-14-31)36(47)42-17-21-51-22-18-42)35(39(44)50)56-32-15-7-28(8-16-32)37(48)43-19-23-52-24-20-43/h5-16H,17-26H2,1-4H3,(H,45,46). The van der Waals surface area contributed by atoms with Crippen LogP contribution in [0.2, 0.25) is 0 Å². The fraction of sp³-hybridized carbons (Fsp3) is 0.390. The quantitative estimate of drug-likeness (QED) is 0.198. The number of carboxylic acids is 1. The molecule has 0 radical (unpaired) electrons. The molecule has 1 N–H and O–H groups in total. The Labute approximate surface area is 334 Å². The van der Waals surface area contributed by atoms with Gasteiger partial charge in [0.15, 0.2) is 0 Å². The molecule has 0 unspecified atom stereocenters. The van der Waals surface area contributed by atoms with Crippen molar-refractivity contribution in [3.05, 3.63) is 93.7 Å². The van der Waals surface area contributed by atoms with Gasteiger partial charge in [0.05, 0.1) is 60.6 Å². The van der Waals surface area contributed by atoms with E-state index in [1.54, 1.807) is 96.4 Å². The highest BCUT2D eigenvalue weighted by Gasteiger charge is 2.41. The van der Waals surface area contributed by atoms with Gasteiger partial charge in [-0.15, -0.1) is 0 Å². The predicted octanol–water partition coefficient (Wildman–Crippen LogP) is 5.73. The highest BCUT2D eigenvalue weighted by molar-refractivity contribution is 8.08. The molecule has 6 rings (SSSR count). The van der Waals surface area contributed by atoms with Crippen molar-refractivity contribution in [1.82, 2.24) is 9.80 Å². The Balaban J connectivity index is 1.21. The molecule has 3 aromatic rings. The van der Waals surface area contributed by atoms with E-state index in [0.29, 0.717) is 85.0 Å². The van der Waals surface area contributed by atoms with Crippen molar-refractivity contribution < 1.29 is 48.0 Å². The van der Waals surface area contributed by atoms with E-state index in [-0.39, 0.29) is 34.7 Å². The molecule has 3 heterocycles. The van der Waals surface area contributed by atoms with Crippen LogP contribution in [0.1, 0.15) is 54.8 Å². The van der Waals surface area contributed by atoms with Crippen LogP contribution in [0.15, 0.2) is 92.4 Å². The third-order valence-electron chi connectivity index (χ3n) is 9.12. The fourth-order valence-corrected chi connectivity index (χ4v) is 8.15. The number of nitrogens with zero attached hydrogens (tertiary/aromatic N) is 3. The van der Waals surface area contributed by atoms with Crippen molar-refractivity contribution in [3.63, 3.8) is 0 Å². The summed E-state index contributed by atoms with van der Waals surface area (Å²) in [5.41, 5.74) is -0.339. The highest BCUT2D eigenvalue weighted by atomic mass is 32.2. The van der Waals surface area contributed by atoms with Crippen molar-refractivity contribution in [2.45, 2.75) is 55.1 Å². The zero-order valence-electron chi connectivity index (χ0n) is 31.8. The SMILES string of the molecule is CC(C)(CC(=O)O)OCC(C)(C)Oc1ccc(N2C(=O)C(Sc3ccc(C(=O)N4CCOCC4)cc3)=C(Sc3ccc(C(=O)N4CCOCC4)cc3)C2=O)cc1. The summed E-state index contributed by atoms with van der Waals surface area (Å²) in [6.07, 6.45) is -0.163. The Morgan fingerprint density at radius 1 is 0.661 bits per heavy atom. The van der Waals surface area contributed by atoms with Crippen LogP contribution in [0.4, 0.5) is 5.69 Å². The van der Waals surface area contributed by atoms with Crippen LogP contribution >= 0.6 is 23.5 Å². The number of hydrogen-bond donors (Lipinski definition) is 1. The molecule has 0 aliphatic carbocycles. The van der Waals surface area contributed by atoms with E-state index in [1.165, 1.54) is 0 Å². The number of carbonyl (C=O) groups is 5. The number of anilines is 1. The van der Waals surface area contributed by atoms with Crippen LogP contribution in [0, 0.1) is 0 Å². The molecule has 0 spiro atoms. The van der Waals surface area contributed by atoms with Crippen molar-refractivity contribution in [2.24, 2.45) is 0 Å². The molecule has 3 aromatic carbocycles. The van der Waals surface area contributed by atoms with Gasteiger partial charge in [0, 0.05) is 47.1 Å². The molecule has 15 heteroatoms. The van der Waals surface area contributed by atoms with E-state index in [9.17, 15) is 29.1 Å². The van der Waals surface area contributed by atoms with Crippen molar-refractivity contribution >= 4 is 58.8 Å². The molecule has 13 nitrogen and oxygen atoms in total. The Morgan fingerprint density at radius 3 is 1.50 bits per heavy atom. The number of benzene rings is 3. The van der Waals surface area contributed by atoms with Gasteiger partial charge in [0.1, 0.15) is 11.4 Å². The summed E-state index contributed by atoms with van der Waals surface area (Å²) in [4.78, 5) is 72.1. The number of aliphatic carboxylic acids is 1. The van der Waals surface area contributed by atoms with E-state index in [0.717, 1.165) is 28.4 Å². The number of imide groups is 1. The van der Waals surface area contributed by atoms with E-state index in [1.807, 2.05) is 13.8 Å². The van der Waals surface area contributed by atoms with Crippen molar-refractivity contribution in [2.75, 3.05) is 64.1 Å². The van der Waals surface area contributed by atoms with Gasteiger partial charge in [-0.25, -0.2) is 4.90 Å². The molecule has 2 saturated heterocycles. The molecule has 0 aromatic heterocycles. The smallest absolute Gasteiger partial charge is 0.306 e. The highest BCUT2D eigenvalue weighted by Crippen LogP contribution is 2.44. The van der Waals surface area contributed by atoms with Crippen LogP contribution < -0.4 is 9.64 Å². The monoisotopic (exact) mass is 803 g/mol. The van der Waals surface area contributed by atoms with Crippen molar-refractivity contribution in [3.8, 4) is 5.75 Å². The third kappa shape index (κ3) is 10.2. The maximum absolute atomic E-state index is 14.2. The molecular formula is C41H45N3O10S2. The van der Waals surface area contributed by atoms with Crippen molar-refractivity contribution in [1.29, 1.82) is 0 Å². The summed E-state index contributed by atoms with van der Waals surface area (Å²) in [7, 11) is 0. The molecule has 0 bridgehead atoms. The normalized spacial score (nSPS) is 16.8. The van der Waals surface area contributed by atoms with Crippen LogP contribution in [0.5, 0.6) is 5.75 Å². The minimum absolute atomic E-state index is 0.0977. The third-order valence-corrected chi connectivity index (χ3v) is 11.4. The largest absolute Gasteiger partial charge is 0.485 e. The van der Waals surface area contributed by atoms with Gasteiger partial charge in [-0.2, -0.15) is 0 Å². The molecule has 56 heavy (non-hydrogen) atoms. The second-order valence-electron chi connectivity index (χ2n) is 14.6. The first-order chi connectivity index (χ1) is 26.7. The summed E-state index contributed by atoms with van der Waals surface area (Å²) >= 11 is 2.30. The summed E-state index contributed by atoms with van der Waals surface area (Å²) in [6.45, 7) is 11.2. The first-order valence-corrected chi connectivity index (χ1v) is 19.9. The summed E-state index contributed by atoms with van der Waals surface area (Å²) < 4.78 is 22.8. The minimum atomic E-state index is -0.962. The number of ether oxygens (including phenoxy) is 4. The molecule has 2 fully saturated rings. The van der Waals surface area contributed by atoms with Gasteiger partial charge in [-0.1, -0.05) is 23.5 Å². The van der Waals surface area contributed by atoms with Gasteiger partial charge >= 0.3 is 5.97 Å². The number of thioether (sulfide) groups is 2. The zero-order chi connectivity index (χ0) is 40.0. The average Bonchev–Trinajstić information content (AvgIpc) is 3.41. The van der Waals surface area contributed by atoms with Gasteiger partial charge in [-0.3, -0.25) is 24.0 Å². The summed E-state index contributed by atoms with van der Waals surface area (Å²) in [5.74, 6) is -1.70. The lowest BCUT2D eigenvalue weighted by Gasteiger charge is -2.31. The maximum atomic E-state index is 14.2. The topological polar surface area (TPSA) is 152 Å². The lowest BCUT2D eigenvalue weighted by atomic mass is 10.0. The lowest BCUT2D eigenvalue weighted by molar-refractivity contribution is -0.147. The van der Waals surface area contributed by atoms with Crippen LogP contribution in [0.3, 0.4) is 0 Å². The number of carbonyl (C=O) groups excluding carboxylic acids is 4. The number of morpholine rings is 2. The van der Waals surface area contributed by atoms with E-state index < -0.39 is 29.0 Å². The van der Waals surface area contributed by atoms with Crippen LogP contribution in [0.25, 0.3) is 0 Å². The number of carboxylic acid groups (broad SMARTS) is 1. The second-order valence-corrected chi connectivity index (χ2v) is 16.8. The van der Waals surface area contributed by atoms with E-state index in [4.69, 9.17) is 18.9 Å². The summed E-state index contributed by atoms with van der Waals surface area (Å²) in [6, 6.07) is 20.5. The Hall–Kier alpha value is -4.67. The Morgan fingerprint density at radius 2 is 1.09 bits per heavy atom. The van der Waals surface area contributed by atoms with E-state index in [2.05, 4.69) is 0 Å². The Kier molecular flexibility index (Phi) is 12.9. The van der Waals surface area contributed by atoms with E-state index >= 15 is 0 Å². The van der Waals surface area contributed by atoms with Gasteiger partial charge in [0.25, 0.3) is 23.6 Å². The number of amides is 4. The molecule has 0 atom stereocenters. The fourth-order valence-electron chi connectivity index (χ4n) is 6.17. The number of rotatable bonds is 14. The van der Waals surface area contributed by atoms with Crippen LogP contribution in [-0.2, 0) is 28.6 Å². The predicted molar refractivity (Wildman–Crippen MR) is 211 cm³/mol. The molecule has 0 saturated carbocycles. The molecule has 4 amide bonds. The second kappa shape index (κ2) is 17.6.